The van der Waals surface area contributed by atoms with Crippen LogP contribution in [0.2, 0.25) is 0 Å². The summed E-state index contributed by atoms with van der Waals surface area (Å²) in [5, 5.41) is 2.26. The number of hydrogen-bond donors (Lipinski definition) is 0. The fraction of sp³-hybridized carbons (Fsp3) is 0.556. The van der Waals surface area contributed by atoms with Gasteiger partial charge in [0.05, 0.1) is 0 Å². The SMILES string of the molecule is CCc1csc(C(C)C)c1. The van der Waals surface area contributed by atoms with Crippen molar-refractivity contribution in [2.45, 2.75) is 33.1 Å². The zero-order valence-electron chi connectivity index (χ0n) is 6.85. The minimum absolute atomic E-state index is 0.699. The molecule has 1 aromatic rings. The summed E-state index contributed by atoms with van der Waals surface area (Å²) in [6.07, 6.45) is 1.17. The van der Waals surface area contributed by atoms with Crippen LogP contribution in [0.15, 0.2) is 11.4 Å². The van der Waals surface area contributed by atoms with Crippen LogP contribution in [0.1, 0.15) is 37.1 Å². The summed E-state index contributed by atoms with van der Waals surface area (Å²) in [5.74, 6) is 0.699. The molecule has 0 aliphatic heterocycles. The van der Waals surface area contributed by atoms with Crippen LogP contribution < -0.4 is 0 Å². The summed E-state index contributed by atoms with van der Waals surface area (Å²) in [6.45, 7) is 6.68. The largest absolute Gasteiger partial charge is 0.148 e. The Balaban J connectivity index is 2.78. The van der Waals surface area contributed by atoms with Crippen LogP contribution >= 0.6 is 11.3 Å². The topological polar surface area (TPSA) is 0 Å². The highest BCUT2D eigenvalue weighted by Crippen LogP contribution is 2.22. The normalized spacial score (nSPS) is 10.8. The molecular formula is C9H14S. The lowest BCUT2D eigenvalue weighted by Crippen LogP contribution is -1.79. The molecule has 0 saturated carbocycles. The number of aryl methyl sites for hydroxylation is 1. The second-order valence-corrected chi connectivity index (χ2v) is 3.81. The molecule has 1 aromatic heterocycles. The maximum absolute atomic E-state index is 2.31. The lowest BCUT2D eigenvalue weighted by molar-refractivity contribution is 0.887. The Labute approximate surface area is 66.9 Å². The summed E-state index contributed by atoms with van der Waals surface area (Å²) < 4.78 is 0. The van der Waals surface area contributed by atoms with Crippen LogP contribution in [0.5, 0.6) is 0 Å². The molecule has 0 N–H and O–H groups in total. The van der Waals surface area contributed by atoms with E-state index in [-0.39, 0.29) is 0 Å². The fourth-order valence-electron chi connectivity index (χ4n) is 0.883. The average Bonchev–Trinajstić information content (AvgIpc) is 2.34. The Morgan fingerprint density at radius 1 is 1.50 bits per heavy atom. The molecule has 1 heterocycles. The van der Waals surface area contributed by atoms with Gasteiger partial charge in [0.1, 0.15) is 0 Å². The van der Waals surface area contributed by atoms with Gasteiger partial charge in [0, 0.05) is 4.88 Å². The lowest BCUT2D eigenvalue weighted by Gasteiger charge is -1.96. The molecule has 0 unspecified atom stereocenters. The summed E-state index contributed by atoms with van der Waals surface area (Å²) in [4.78, 5) is 1.51. The summed E-state index contributed by atoms with van der Waals surface area (Å²) in [6, 6.07) is 2.31. The van der Waals surface area contributed by atoms with Crippen LogP contribution in [0.4, 0.5) is 0 Å². The Bertz CT molecular complexity index is 198. The lowest BCUT2D eigenvalue weighted by atomic mass is 10.1. The molecule has 0 bridgehead atoms. The molecule has 0 fully saturated rings. The van der Waals surface area contributed by atoms with Crippen molar-refractivity contribution in [3.05, 3.63) is 21.9 Å². The fourth-order valence-corrected chi connectivity index (χ4v) is 1.90. The van der Waals surface area contributed by atoms with E-state index >= 15 is 0 Å². The van der Waals surface area contributed by atoms with Crippen molar-refractivity contribution in [2.24, 2.45) is 0 Å². The first-order valence-corrected chi connectivity index (χ1v) is 4.69. The van der Waals surface area contributed by atoms with E-state index in [9.17, 15) is 0 Å². The Morgan fingerprint density at radius 2 is 2.20 bits per heavy atom. The smallest absolute Gasteiger partial charge is 0.00735 e. The van der Waals surface area contributed by atoms with E-state index in [4.69, 9.17) is 0 Å². The molecule has 0 nitrogen and oxygen atoms in total. The summed E-state index contributed by atoms with van der Waals surface area (Å²) in [7, 11) is 0. The molecule has 10 heavy (non-hydrogen) atoms. The molecule has 0 atom stereocenters. The van der Waals surface area contributed by atoms with Crippen molar-refractivity contribution >= 4 is 11.3 Å². The molecule has 56 valence electrons. The number of rotatable bonds is 2. The van der Waals surface area contributed by atoms with Gasteiger partial charge in [-0.25, -0.2) is 0 Å². The van der Waals surface area contributed by atoms with Crippen molar-refractivity contribution in [3.63, 3.8) is 0 Å². The zero-order chi connectivity index (χ0) is 7.56. The molecular weight excluding hydrogens is 140 g/mol. The van der Waals surface area contributed by atoms with Crippen molar-refractivity contribution in [1.29, 1.82) is 0 Å². The predicted molar refractivity (Wildman–Crippen MR) is 47.8 cm³/mol. The number of thiophene rings is 1. The first-order valence-electron chi connectivity index (χ1n) is 3.81. The van der Waals surface area contributed by atoms with E-state index in [0.29, 0.717) is 5.92 Å². The van der Waals surface area contributed by atoms with Crippen molar-refractivity contribution in [1.82, 2.24) is 0 Å². The van der Waals surface area contributed by atoms with Crippen LogP contribution in [0.3, 0.4) is 0 Å². The highest BCUT2D eigenvalue weighted by atomic mass is 32.1. The maximum Gasteiger partial charge on any atom is 0.00735 e. The molecule has 0 spiro atoms. The third-order valence-corrected chi connectivity index (χ3v) is 2.93. The molecule has 0 aliphatic rings. The molecule has 0 radical (unpaired) electrons. The van der Waals surface area contributed by atoms with Crippen LogP contribution in [0, 0.1) is 0 Å². The van der Waals surface area contributed by atoms with E-state index < -0.39 is 0 Å². The molecule has 0 aromatic carbocycles. The zero-order valence-corrected chi connectivity index (χ0v) is 7.66. The summed E-state index contributed by atoms with van der Waals surface area (Å²) in [5.41, 5.74) is 1.48. The Kier molecular flexibility index (Phi) is 2.50. The van der Waals surface area contributed by atoms with Gasteiger partial charge in [0.15, 0.2) is 0 Å². The average molecular weight is 154 g/mol. The first kappa shape index (κ1) is 7.80. The van der Waals surface area contributed by atoms with Gasteiger partial charge in [-0.2, -0.15) is 0 Å². The van der Waals surface area contributed by atoms with Crippen LogP contribution in [-0.4, -0.2) is 0 Å². The quantitative estimate of drug-likeness (QED) is 0.612. The van der Waals surface area contributed by atoms with Gasteiger partial charge >= 0.3 is 0 Å². The van der Waals surface area contributed by atoms with Crippen LogP contribution in [0.25, 0.3) is 0 Å². The minimum atomic E-state index is 0.699. The van der Waals surface area contributed by atoms with E-state index in [1.54, 1.807) is 0 Å². The molecule has 0 amide bonds. The van der Waals surface area contributed by atoms with E-state index in [1.165, 1.54) is 16.9 Å². The number of hydrogen-bond acceptors (Lipinski definition) is 1. The molecule has 0 saturated heterocycles. The third-order valence-electron chi connectivity index (χ3n) is 1.65. The van der Waals surface area contributed by atoms with Gasteiger partial charge in [-0.3, -0.25) is 0 Å². The standard InChI is InChI=1S/C9H14S/c1-4-8-5-9(7(2)3)10-6-8/h5-7H,4H2,1-3H3. The van der Waals surface area contributed by atoms with E-state index in [0.717, 1.165) is 0 Å². The Morgan fingerprint density at radius 3 is 2.50 bits per heavy atom. The summed E-state index contributed by atoms with van der Waals surface area (Å²) >= 11 is 1.88. The van der Waals surface area contributed by atoms with Gasteiger partial charge in [-0.05, 0) is 29.3 Å². The van der Waals surface area contributed by atoms with Crippen LogP contribution in [-0.2, 0) is 6.42 Å². The second-order valence-electron chi connectivity index (χ2n) is 2.87. The van der Waals surface area contributed by atoms with Gasteiger partial charge < -0.3 is 0 Å². The maximum atomic E-state index is 2.31. The monoisotopic (exact) mass is 154 g/mol. The van der Waals surface area contributed by atoms with Gasteiger partial charge in [0.25, 0.3) is 0 Å². The van der Waals surface area contributed by atoms with Gasteiger partial charge in [-0.15, -0.1) is 11.3 Å². The third kappa shape index (κ3) is 1.60. The molecule has 1 rings (SSSR count). The highest BCUT2D eigenvalue weighted by Gasteiger charge is 2.01. The minimum Gasteiger partial charge on any atom is -0.148 e. The van der Waals surface area contributed by atoms with E-state index in [2.05, 4.69) is 32.2 Å². The molecule has 0 aliphatic carbocycles. The van der Waals surface area contributed by atoms with E-state index in [1.807, 2.05) is 11.3 Å². The molecule has 1 heteroatoms. The second kappa shape index (κ2) is 3.20. The van der Waals surface area contributed by atoms with Gasteiger partial charge in [0.2, 0.25) is 0 Å². The Hall–Kier alpha value is -0.300. The highest BCUT2D eigenvalue weighted by molar-refractivity contribution is 7.10. The van der Waals surface area contributed by atoms with Crippen molar-refractivity contribution < 1.29 is 0 Å². The first-order chi connectivity index (χ1) is 4.74. The van der Waals surface area contributed by atoms with Crippen molar-refractivity contribution in [2.75, 3.05) is 0 Å². The van der Waals surface area contributed by atoms with Crippen molar-refractivity contribution in [3.8, 4) is 0 Å². The van der Waals surface area contributed by atoms with Gasteiger partial charge in [-0.1, -0.05) is 20.8 Å². The predicted octanol–water partition coefficient (Wildman–Crippen LogP) is 3.43.